The molecule has 0 bridgehead atoms. The Labute approximate surface area is 130 Å². The van der Waals surface area contributed by atoms with Crippen molar-refractivity contribution >= 4 is 17.5 Å². The summed E-state index contributed by atoms with van der Waals surface area (Å²) in [6.07, 6.45) is 3.11. The summed E-state index contributed by atoms with van der Waals surface area (Å²) in [7, 11) is 0. The molecule has 3 amide bonds. The zero-order valence-electron chi connectivity index (χ0n) is 12.8. The lowest BCUT2D eigenvalue weighted by molar-refractivity contribution is -0.132. The van der Waals surface area contributed by atoms with E-state index in [-0.39, 0.29) is 18.0 Å². The summed E-state index contributed by atoms with van der Waals surface area (Å²) in [5.41, 5.74) is 2.58. The lowest BCUT2D eigenvalue weighted by Gasteiger charge is -2.32. The lowest BCUT2D eigenvalue weighted by Crippen LogP contribution is -2.49. The van der Waals surface area contributed by atoms with Crippen molar-refractivity contribution in [3.63, 3.8) is 0 Å². The van der Waals surface area contributed by atoms with Crippen LogP contribution in [-0.4, -0.2) is 54.0 Å². The number of nitrogens with one attached hydrogen (secondary N) is 1. The fraction of sp³-hybridized carbons (Fsp3) is 0.412. The van der Waals surface area contributed by atoms with Gasteiger partial charge in [0.05, 0.1) is 6.04 Å². The van der Waals surface area contributed by atoms with Crippen molar-refractivity contribution in [1.82, 2.24) is 15.1 Å². The van der Waals surface area contributed by atoms with Crippen LogP contribution in [0.4, 0.5) is 4.79 Å². The Morgan fingerprint density at radius 2 is 2.00 bits per heavy atom. The largest absolute Gasteiger partial charge is 0.336 e. The molecule has 1 aromatic rings. The normalized spacial score (nSPS) is 20.5. The van der Waals surface area contributed by atoms with Gasteiger partial charge in [0.1, 0.15) is 0 Å². The molecule has 2 aliphatic rings. The maximum absolute atomic E-state index is 12.4. The molecule has 0 unspecified atom stereocenters. The van der Waals surface area contributed by atoms with E-state index in [1.54, 1.807) is 0 Å². The molecule has 5 heteroatoms. The van der Waals surface area contributed by atoms with Crippen LogP contribution in [0.1, 0.15) is 18.9 Å². The van der Waals surface area contributed by atoms with Crippen LogP contribution in [0.25, 0.3) is 5.57 Å². The molecule has 1 saturated heterocycles. The van der Waals surface area contributed by atoms with Crippen molar-refractivity contribution < 1.29 is 9.59 Å². The molecular weight excluding hydrogens is 278 g/mol. The van der Waals surface area contributed by atoms with E-state index < -0.39 is 0 Å². The Hall–Kier alpha value is -2.14. The standard InChI is InChI=1S/C17H21N3O2/c1-13(16(21)20-12-9-18-17(20)22)19-10-7-15(8-11-19)14-5-3-2-4-6-14/h2-7,13H,8-12H2,1H3,(H,18,22)/t13-/m1/s1. The number of hydrogen-bond acceptors (Lipinski definition) is 3. The molecule has 2 heterocycles. The highest BCUT2D eigenvalue weighted by Gasteiger charge is 2.32. The average molecular weight is 299 g/mol. The Morgan fingerprint density at radius 1 is 1.23 bits per heavy atom. The Bertz CT molecular complexity index is 597. The van der Waals surface area contributed by atoms with Crippen molar-refractivity contribution in [2.45, 2.75) is 19.4 Å². The number of carbonyl (C=O) groups is 2. The fourth-order valence-electron chi connectivity index (χ4n) is 3.01. The molecule has 1 aromatic carbocycles. The van der Waals surface area contributed by atoms with Gasteiger partial charge in [-0.2, -0.15) is 0 Å². The van der Waals surface area contributed by atoms with Gasteiger partial charge in [-0.25, -0.2) is 4.79 Å². The second-order valence-electron chi connectivity index (χ2n) is 5.74. The molecule has 0 radical (unpaired) electrons. The van der Waals surface area contributed by atoms with Crippen LogP contribution >= 0.6 is 0 Å². The van der Waals surface area contributed by atoms with Crippen molar-refractivity contribution in [2.24, 2.45) is 0 Å². The molecule has 2 aliphatic heterocycles. The van der Waals surface area contributed by atoms with Gasteiger partial charge in [0, 0.05) is 26.2 Å². The van der Waals surface area contributed by atoms with E-state index in [0.29, 0.717) is 13.1 Å². The molecule has 0 aliphatic carbocycles. The van der Waals surface area contributed by atoms with Crippen molar-refractivity contribution in [3.05, 3.63) is 42.0 Å². The summed E-state index contributed by atoms with van der Waals surface area (Å²) >= 11 is 0. The molecule has 116 valence electrons. The number of urea groups is 1. The second-order valence-corrected chi connectivity index (χ2v) is 5.74. The third-order valence-corrected chi connectivity index (χ3v) is 4.41. The summed E-state index contributed by atoms with van der Waals surface area (Å²) in [5, 5.41) is 2.67. The molecule has 0 aromatic heterocycles. The topological polar surface area (TPSA) is 52.7 Å². The zero-order valence-corrected chi connectivity index (χ0v) is 12.8. The first-order valence-electron chi connectivity index (χ1n) is 7.74. The van der Waals surface area contributed by atoms with E-state index in [1.807, 2.05) is 25.1 Å². The molecule has 5 nitrogen and oxygen atoms in total. The second kappa shape index (κ2) is 6.32. The van der Waals surface area contributed by atoms with Crippen LogP contribution in [0, 0.1) is 0 Å². The van der Waals surface area contributed by atoms with Gasteiger partial charge in [-0.15, -0.1) is 0 Å². The van der Waals surface area contributed by atoms with E-state index >= 15 is 0 Å². The minimum atomic E-state index is -0.269. The number of rotatable bonds is 3. The van der Waals surface area contributed by atoms with Crippen molar-refractivity contribution in [2.75, 3.05) is 26.2 Å². The van der Waals surface area contributed by atoms with Gasteiger partial charge in [0.25, 0.3) is 0 Å². The third-order valence-electron chi connectivity index (χ3n) is 4.41. The maximum atomic E-state index is 12.4. The highest BCUT2D eigenvalue weighted by molar-refractivity contribution is 5.98. The number of nitrogens with zero attached hydrogens (tertiary/aromatic N) is 2. The molecule has 1 fully saturated rings. The predicted molar refractivity (Wildman–Crippen MR) is 85.2 cm³/mol. The first-order valence-corrected chi connectivity index (χ1v) is 7.74. The van der Waals surface area contributed by atoms with Gasteiger partial charge in [-0.05, 0) is 24.5 Å². The third kappa shape index (κ3) is 2.90. The minimum absolute atomic E-state index is 0.105. The SMILES string of the molecule is C[C@H](C(=O)N1CCNC1=O)N1CC=C(c2ccccc2)CC1. The van der Waals surface area contributed by atoms with Gasteiger partial charge < -0.3 is 5.32 Å². The van der Waals surface area contributed by atoms with Crippen LogP contribution in [-0.2, 0) is 4.79 Å². The maximum Gasteiger partial charge on any atom is 0.324 e. The zero-order chi connectivity index (χ0) is 15.5. The van der Waals surface area contributed by atoms with Gasteiger partial charge >= 0.3 is 6.03 Å². The molecular formula is C17H21N3O2. The van der Waals surface area contributed by atoms with Gasteiger partial charge in [-0.3, -0.25) is 14.6 Å². The summed E-state index contributed by atoms with van der Waals surface area (Å²) in [6.45, 7) is 4.49. The molecule has 1 atom stereocenters. The van der Waals surface area contributed by atoms with Gasteiger partial charge in [-0.1, -0.05) is 36.4 Å². The number of benzene rings is 1. The van der Waals surface area contributed by atoms with Crippen LogP contribution in [0.15, 0.2) is 36.4 Å². The van der Waals surface area contributed by atoms with E-state index in [0.717, 1.165) is 19.5 Å². The Kier molecular flexibility index (Phi) is 4.24. The Morgan fingerprint density at radius 3 is 2.59 bits per heavy atom. The number of hydrogen-bond donors (Lipinski definition) is 1. The number of amides is 3. The van der Waals surface area contributed by atoms with Gasteiger partial charge in [0.15, 0.2) is 0 Å². The van der Waals surface area contributed by atoms with Crippen LogP contribution in [0.3, 0.4) is 0 Å². The van der Waals surface area contributed by atoms with Crippen LogP contribution < -0.4 is 5.32 Å². The fourth-order valence-corrected chi connectivity index (χ4v) is 3.01. The smallest absolute Gasteiger partial charge is 0.324 e. The van der Waals surface area contributed by atoms with E-state index in [9.17, 15) is 9.59 Å². The van der Waals surface area contributed by atoms with Crippen LogP contribution in [0.5, 0.6) is 0 Å². The van der Waals surface area contributed by atoms with E-state index in [4.69, 9.17) is 0 Å². The molecule has 0 spiro atoms. The first kappa shape index (κ1) is 14.8. The molecule has 22 heavy (non-hydrogen) atoms. The lowest BCUT2D eigenvalue weighted by atomic mass is 9.99. The summed E-state index contributed by atoms with van der Waals surface area (Å²) in [4.78, 5) is 27.5. The minimum Gasteiger partial charge on any atom is -0.336 e. The van der Waals surface area contributed by atoms with Crippen LogP contribution in [0.2, 0.25) is 0 Å². The molecule has 1 N–H and O–H groups in total. The van der Waals surface area contributed by atoms with Gasteiger partial charge in [0.2, 0.25) is 5.91 Å². The van der Waals surface area contributed by atoms with E-state index in [2.05, 4.69) is 28.4 Å². The molecule has 3 rings (SSSR count). The first-order chi connectivity index (χ1) is 10.7. The summed E-state index contributed by atoms with van der Waals surface area (Å²) in [6, 6.07) is 9.80. The van der Waals surface area contributed by atoms with Crippen molar-refractivity contribution in [3.8, 4) is 0 Å². The quantitative estimate of drug-likeness (QED) is 0.924. The van der Waals surface area contributed by atoms with Crippen molar-refractivity contribution in [1.29, 1.82) is 0 Å². The number of imide groups is 1. The molecule has 0 saturated carbocycles. The average Bonchev–Trinajstić information content (AvgIpc) is 3.00. The summed E-state index contributed by atoms with van der Waals surface area (Å²) < 4.78 is 0. The predicted octanol–water partition coefficient (Wildman–Crippen LogP) is 1.72. The highest BCUT2D eigenvalue weighted by Crippen LogP contribution is 2.23. The van der Waals surface area contributed by atoms with E-state index in [1.165, 1.54) is 16.0 Å². The highest BCUT2D eigenvalue weighted by atomic mass is 16.2. The monoisotopic (exact) mass is 299 g/mol. The number of carbonyl (C=O) groups excluding carboxylic acids is 2. The Balaban J connectivity index is 1.64. The summed E-state index contributed by atoms with van der Waals surface area (Å²) in [5.74, 6) is -0.105.